The third-order valence-corrected chi connectivity index (χ3v) is 5.34. The Hall–Kier alpha value is -1.11. The topological polar surface area (TPSA) is 84.2 Å². The van der Waals surface area contributed by atoms with Crippen molar-refractivity contribution in [3.8, 4) is 0 Å². The van der Waals surface area contributed by atoms with Gasteiger partial charge in [0.05, 0.1) is 5.69 Å². The SMILES string of the molecule is NNc1ccccc1S(=O)(=O)NC1CCCCCCC1. The molecule has 0 amide bonds. The summed E-state index contributed by atoms with van der Waals surface area (Å²) in [7, 11) is -3.52. The van der Waals surface area contributed by atoms with Gasteiger partial charge < -0.3 is 5.43 Å². The van der Waals surface area contributed by atoms with Gasteiger partial charge in [-0.25, -0.2) is 13.1 Å². The molecular formula is C14H23N3O2S. The van der Waals surface area contributed by atoms with Crippen LogP contribution in [0.1, 0.15) is 44.9 Å². The van der Waals surface area contributed by atoms with E-state index in [1.54, 1.807) is 24.3 Å². The Morgan fingerprint density at radius 3 is 2.25 bits per heavy atom. The number of para-hydroxylation sites is 1. The first-order valence-corrected chi connectivity index (χ1v) is 8.70. The van der Waals surface area contributed by atoms with Crippen LogP contribution in [0.25, 0.3) is 0 Å². The normalized spacial score (nSPS) is 18.2. The lowest BCUT2D eigenvalue weighted by molar-refractivity contribution is 0.426. The molecule has 2 rings (SSSR count). The Balaban J connectivity index is 2.13. The minimum absolute atomic E-state index is 0.0335. The van der Waals surface area contributed by atoms with Crippen LogP contribution in [0.5, 0.6) is 0 Å². The first-order chi connectivity index (χ1) is 9.63. The highest BCUT2D eigenvalue weighted by molar-refractivity contribution is 7.89. The van der Waals surface area contributed by atoms with Gasteiger partial charge in [0.1, 0.15) is 4.90 Å². The molecule has 4 N–H and O–H groups in total. The van der Waals surface area contributed by atoms with Crippen molar-refractivity contribution in [1.29, 1.82) is 0 Å². The summed E-state index contributed by atoms with van der Waals surface area (Å²) in [4.78, 5) is 0.213. The molecule has 1 aliphatic carbocycles. The van der Waals surface area contributed by atoms with Crippen molar-refractivity contribution in [1.82, 2.24) is 4.72 Å². The number of sulfonamides is 1. The van der Waals surface area contributed by atoms with Gasteiger partial charge in [-0.1, -0.05) is 44.2 Å². The summed E-state index contributed by atoms with van der Waals surface area (Å²) < 4.78 is 27.8. The molecule has 6 heteroatoms. The van der Waals surface area contributed by atoms with Crippen LogP contribution < -0.4 is 16.0 Å². The van der Waals surface area contributed by atoms with Gasteiger partial charge in [0.25, 0.3) is 0 Å². The Morgan fingerprint density at radius 2 is 1.60 bits per heavy atom. The lowest BCUT2D eigenvalue weighted by Gasteiger charge is -2.21. The Bertz CT molecular complexity index is 523. The second-order valence-electron chi connectivity index (χ2n) is 5.30. The highest BCUT2D eigenvalue weighted by atomic mass is 32.2. The number of hydrogen-bond acceptors (Lipinski definition) is 4. The summed E-state index contributed by atoms with van der Waals surface area (Å²) in [6.07, 6.45) is 7.65. The van der Waals surface area contributed by atoms with Gasteiger partial charge in [-0.3, -0.25) is 5.84 Å². The molecule has 0 spiro atoms. The molecule has 0 bridgehead atoms. The van der Waals surface area contributed by atoms with Crippen molar-refractivity contribution in [2.45, 2.75) is 55.9 Å². The van der Waals surface area contributed by atoms with E-state index in [0.717, 1.165) is 25.7 Å². The lowest BCUT2D eigenvalue weighted by atomic mass is 9.97. The van der Waals surface area contributed by atoms with Crippen molar-refractivity contribution >= 4 is 15.7 Å². The number of rotatable bonds is 4. The van der Waals surface area contributed by atoms with E-state index in [0.29, 0.717) is 5.69 Å². The van der Waals surface area contributed by atoms with E-state index >= 15 is 0 Å². The summed E-state index contributed by atoms with van der Waals surface area (Å²) in [6.45, 7) is 0. The quantitative estimate of drug-likeness (QED) is 0.588. The molecule has 0 unspecified atom stereocenters. The first kappa shape index (κ1) is 15.3. The fourth-order valence-electron chi connectivity index (χ4n) is 2.68. The van der Waals surface area contributed by atoms with Gasteiger partial charge in [-0.05, 0) is 25.0 Å². The standard InChI is InChI=1S/C14H23N3O2S/c15-16-13-10-6-7-11-14(13)20(18,19)17-12-8-4-2-1-3-5-9-12/h6-7,10-12,16-17H,1-5,8-9,15H2. The molecular weight excluding hydrogens is 274 g/mol. The molecule has 0 saturated heterocycles. The molecule has 0 atom stereocenters. The fourth-order valence-corrected chi connectivity index (χ4v) is 4.15. The largest absolute Gasteiger partial charge is 0.323 e. The van der Waals surface area contributed by atoms with Crippen molar-refractivity contribution < 1.29 is 8.42 Å². The first-order valence-electron chi connectivity index (χ1n) is 7.21. The van der Waals surface area contributed by atoms with Gasteiger partial charge in [0.15, 0.2) is 0 Å². The van der Waals surface area contributed by atoms with Crippen molar-refractivity contribution in [3.05, 3.63) is 24.3 Å². The second-order valence-corrected chi connectivity index (χ2v) is 6.99. The van der Waals surface area contributed by atoms with Crippen LogP contribution in [0.3, 0.4) is 0 Å². The molecule has 0 aliphatic heterocycles. The number of anilines is 1. The fraction of sp³-hybridized carbons (Fsp3) is 0.571. The van der Waals surface area contributed by atoms with Crippen LogP contribution >= 0.6 is 0 Å². The molecule has 1 aromatic rings. The monoisotopic (exact) mass is 297 g/mol. The lowest BCUT2D eigenvalue weighted by Crippen LogP contribution is -2.35. The summed E-state index contributed by atoms with van der Waals surface area (Å²) in [5, 5.41) is 0. The van der Waals surface area contributed by atoms with Gasteiger partial charge >= 0.3 is 0 Å². The van der Waals surface area contributed by atoms with Crippen LogP contribution in [0.15, 0.2) is 29.2 Å². The summed E-state index contributed by atoms with van der Waals surface area (Å²) in [5.41, 5.74) is 2.86. The number of nitrogen functional groups attached to an aromatic ring is 1. The minimum Gasteiger partial charge on any atom is -0.323 e. The van der Waals surface area contributed by atoms with E-state index in [1.807, 2.05) is 0 Å². The maximum atomic E-state index is 12.5. The highest BCUT2D eigenvalue weighted by Gasteiger charge is 2.22. The smallest absolute Gasteiger partial charge is 0.242 e. The molecule has 0 aromatic heterocycles. The molecule has 1 aromatic carbocycles. The minimum atomic E-state index is -3.52. The van der Waals surface area contributed by atoms with Crippen LogP contribution in [0, 0.1) is 0 Å². The second kappa shape index (κ2) is 7.06. The zero-order chi connectivity index (χ0) is 14.4. The number of hydrogen-bond donors (Lipinski definition) is 3. The number of benzene rings is 1. The van der Waals surface area contributed by atoms with Crippen LogP contribution in [-0.2, 0) is 10.0 Å². The predicted octanol–water partition coefficient (Wildman–Crippen LogP) is 2.36. The third-order valence-electron chi connectivity index (χ3n) is 3.76. The maximum absolute atomic E-state index is 12.5. The molecule has 20 heavy (non-hydrogen) atoms. The van der Waals surface area contributed by atoms with Crippen LogP contribution in [0.4, 0.5) is 5.69 Å². The number of nitrogens with one attached hydrogen (secondary N) is 2. The van der Waals surface area contributed by atoms with Crippen molar-refractivity contribution in [3.63, 3.8) is 0 Å². The van der Waals surface area contributed by atoms with Gasteiger partial charge in [-0.15, -0.1) is 0 Å². The Morgan fingerprint density at radius 1 is 1.00 bits per heavy atom. The molecule has 0 heterocycles. The van der Waals surface area contributed by atoms with Crippen molar-refractivity contribution in [2.24, 2.45) is 5.84 Å². The molecule has 1 saturated carbocycles. The summed E-state index contributed by atoms with van der Waals surface area (Å²) >= 11 is 0. The Labute approximate surface area is 121 Å². The third kappa shape index (κ3) is 3.94. The molecule has 1 fully saturated rings. The van der Waals surface area contributed by atoms with Gasteiger partial charge in [0.2, 0.25) is 10.0 Å². The zero-order valence-corrected chi connectivity index (χ0v) is 12.5. The van der Waals surface area contributed by atoms with Crippen LogP contribution in [0.2, 0.25) is 0 Å². The summed E-state index contributed by atoms with van der Waals surface area (Å²) in [6, 6.07) is 6.72. The van der Waals surface area contributed by atoms with E-state index in [9.17, 15) is 8.42 Å². The highest BCUT2D eigenvalue weighted by Crippen LogP contribution is 2.22. The molecule has 5 nitrogen and oxygen atoms in total. The molecule has 112 valence electrons. The average molecular weight is 297 g/mol. The zero-order valence-electron chi connectivity index (χ0n) is 11.6. The van der Waals surface area contributed by atoms with Gasteiger partial charge in [-0.2, -0.15) is 0 Å². The van der Waals surface area contributed by atoms with E-state index in [1.165, 1.54) is 19.3 Å². The van der Waals surface area contributed by atoms with E-state index < -0.39 is 10.0 Å². The molecule has 1 aliphatic rings. The Kier molecular flexibility index (Phi) is 5.39. The number of nitrogens with two attached hydrogens (primary N) is 1. The van der Waals surface area contributed by atoms with Crippen LogP contribution in [-0.4, -0.2) is 14.5 Å². The summed E-state index contributed by atoms with van der Waals surface area (Å²) in [5.74, 6) is 5.38. The van der Waals surface area contributed by atoms with Crippen molar-refractivity contribution in [2.75, 3.05) is 5.43 Å². The van der Waals surface area contributed by atoms with E-state index in [-0.39, 0.29) is 10.9 Å². The predicted molar refractivity (Wildman–Crippen MR) is 80.7 cm³/mol. The van der Waals surface area contributed by atoms with Gasteiger partial charge in [0, 0.05) is 6.04 Å². The average Bonchev–Trinajstić information content (AvgIpc) is 2.41. The van der Waals surface area contributed by atoms with E-state index in [2.05, 4.69) is 10.1 Å². The maximum Gasteiger partial charge on any atom is 0.242 e. The molecule has 0 radical (unpaired) electrons. The number of hydrazine groups is 1. The van der Waals surface area contributed by atoms with E-state index in [4.69, 9.17) is 5.84 Å².